The molecule has 0 aromatic heterocycles. The Hall–Kier alpha value is -1.80. The molecule has 0 bridgehead atoms. The van der Waals surface area contributed by atoms with Crippen LogP contribution in [-0.4, -0.2) is 80.1 Å². The summed E-state index contributed by atoms with van der Waals surface area (Å²) >= 11 is 1.59. The molecule has 7 nitrogen and oxygen atoms in total. The molecule has 204 valence electrons. The van der Waals surface area contributed by atoms with Gasteiger partial charge in [-0.25, -0.2) is 0 Å². The molecule has 8 heteroatoms. The van der Waals surface area contributed by atoms with E-state index in [-0.39, 0.29) is 36.4 Å². The van der Waals surface area contributed by atoms with Crippen LogP contribution in [0.3, 0.4) is 0 Å². The standard InChI is InChI=1S/C29H42N2O5S/c1-19(2)17-21(18-32)31-24-26(34)30(20-11-6-4-7-12-20)15-10-14-29(24)22(25(31)33)23-27(35)36-16-9-5-8-13-28(23,3)37-29/h8,10,13-14,19-24,32H,4-7,9,11-12,15-18H2,1-3H3/b13-8-/t21-,22+,23+,24?,28-,29+/m1/s1. The van der Waals surface area contributed by atoms with Crippen molar-refractivity contribution in [1.29, 1.82) is 0 Å². The summed E-state index contributed by atoms with van der Waals surface area (Å²) in [6, 6.07) is -1.06. The molecule has 1 N–H and O–H groups in total. The van der Waals surface area contributed by atoms with E-state index in [1.807, 2.05) is 11.8 Å². The highest BCUT2D eigenvalue weighted by molar-refractivity contribution is 8.02. The van der Waals surface area contributed by atoms with Crippen LogP contribution >= 0.6 is 11.8 Å². The predicted molar refractivity (Wildman–Crippen MR) is 144 cm³/mol. The maximum absolute atomic E-state index is 14.6. The Morgan fingerprint density at radius 1 is 1.05 bits per heavy atom. The minimum atomic E-state index is -0.885. The highest BCUT2D eigenvalue weighted by Gasteiger charge is 2.74. The van der Waals surface area contributed by atoms with Crippen LogP contribution < -0.4 is 0 Å². The first-order chi connectivity index (χ1) is 17.7. The number of hydrogen-bond donors (Lipinski definition) is 1. The number of thioether (sulfide) groups is 1. The van der Waals surface area contributed by atoms with Crippen molar-refractivity contribution in [1.82, 2.24) is 9.80 Å². The van der Waals surface area contributed by atoms with Gasteiger partial charge in [-0.05, 0) is 44.9 Å². The number of ether oxygens (including phenoxy) is 1. The minimum Gasteiger partial charge on any atom is -0.465 e. The van der Waals surface area contributed by atoms with Crippen LogP contribution in [0.4, 0.5) is 0 Å². The van der Waals surface area contributed by atoms with E-state index in [4.69, 9.17) is 4.74 Å². The van der Waals surface area contributed by atoms with Gasteiger partial charge in [0.15, 0.2) is 0 Å². The highest BCUT2D eigenvalue weighted by atomic mass is 32.2. The molecule has 1 unspecified atom stereocenters. The second kappa shape index (κ2) is 10.4. The monoisotopic (exact) mass is 530 g/mol. The topological polar surface area (TPSA) is 87.2 Å². The number of aliphatic hydroxyl groups excluding tert-OH is 1. The number of aliphatic hydroxyl groups is 1. The number of hydrogen-bond acceptors (Lipinski definition) is 6. The van der Waals surface area contributed by atoms with Crippen LogP contribution in [0.5, 0.6) is 0 Å². The van der Waals surface area contributed by atoms with Crippen molar-refractivity contribution in [2.75, 3.05) is 19.8 Å². The van der Waals surface area contributed by atoms with Gasteiger partial charge in [0.25, 0.3) is 0 Å². The first kappa shape index (κ1) is 26.8. The summed E-state index contributed by atoms with van der Waals surface area (Å²) < 4.78 is 4.16. The molecular weight excluding hydrogens is 488 g/mol. The molecule has 4 aliphatic heterocycles. The highest BCUT2D eigenvalue weighted by Crippen LogP contribution is 2.65. The first-order valence-corrected chi connectivity index (χ1v) is 15.0. The lowest BCUT2D eigenvalue weighted by molar-refractivity contribution is -0.154. The molecule has 2 amide bonds. The number of carbonyl (C=O) groups excluding carboxylic acids is 3. The fraction of sp³-hybridized carbons (Fsp3) is 0.759. The van der Waals surface area contributed by atoms with Gasteiger partial charge >= 0.3 is 5.97 Å². The van der Waals surface area contributed by atoms with Crippen molar-refractivity contribution >= 4 is 29.5 Å². The fourth-order valence-electron chi connectivity index (χ4n) is 7.53. The van der Waals surface area contributed by atoms with E-state index in [2.05, 4.69) is 38.2 Å². The third-order valence-electron chi connectivity index (χ3n) is 9.08. The van der Waals surface area contributed by atoms with Gasteiger partial charge in [-0.2, -0.15) is 0 Å². The molecule has 0 aromatic carbocycles. The number of nitrogens with zero attached hydrogens (tertiary/aromatic N) is 2. The fourth-order valence-corrected chi connectivity index (χ4v) is 9.67. The average molecular weight is 531 g/mol. The molecule has 2 saturated heterocycles. The van der Waals surface area contributed by atoms with Crippen molar-refractivity contribution < 1.29 is 24.2 Å². The largest absolute Gasteiger partial charge is 0.465 e. The smallest absolute Gasteiger partial charge is 0.311 e. The summed E-state index contributed by atoms with van der Waals surface area (Å²) in [6.07, 6.45) is 15.8. The molecule has 6 atom stereocenters. The number of fused-ring (bicyclic) bond motifs is 2. The second-order valence-corrected chi connectivity index (χ2v) is 13.9. The molecule has 0 aromatic rings. The average Bonchev–Trinajstić information content (AvgIpc) is 3.22. The molecule has 5 rings (SSSR count). The van der Waals surface area contributed by atoms with Gasteiger partial charge in [0.05, 0.1) is 35.8 Å². The van der Waals surface area contributed by atoms with Crippen LogP contribution in [0.25, 0.3) is 0 Å². The van der Waals surface area contributed by atoms with Crippen molar-refractivity contribution in [2.24, 2.45) is 17.8 Å². The van der Waals surface area contributed by atoms with Crippen LogP contribution in [0.15, 0.2) is 24.3 Å². The van der Waals surface area contributed by atoms with Crippen molar-refractivity contribution in [3.63, 3.8) is 0 Å². The van der Waals surface area contributed by atoms with Gasteiger partial charge in [0, 0.05) is 17.3 Å². The number of cyclic esters (lactones) is 1. The molecule has 1 saturated carbocycles. The summed E-state index contributed by atoms with van der Waals surface area (Å²) in [7, 11) is 0. The molecule has 5 aliphatic rings. The van der Waals surface area contributed by atoms with Crippen LogP contribution in [-0.2, 0) is 19.1 Å². The zero-order chi connectivity index (χ0) is 26.4. The number of rotatable bonds is 5. The molecular formula is C29H42N2O5S. The van der Waals surface area contributed by atoms with Crippen molar-refractivity contribution in [2.45, 2.75) is 99.8 Å². The van der Waals surface area contributed by atoms with Crippen LogP contribution in [0, 0.1) is 17.8 Å². The maximum Gasteiger partial charge on any atom is 0.311 e. The Morgan fingerprint density at radius 2 is 1.81 bits per heavy atom. The van der Waals surface area contributed by atoms with E-state index in [0.29, 0.717) is 19.6 Å². The number of likely N-dealkylation sites (tertiary alicyclic amines) is 1. The van der Waals surface area contributed by atoms with Crippen LogP contribution in [0.1, 0.15) is 72.1 Å². The molecule has 3 fully saturated rings. The Balaban J connectivity index is 1.64. The van der Waals surface area contributed by atoms with Gasteiger partial charge in [0.1, 0.15) is 6.04 Å². The number of esters is 1. The molecule has 37 heavy (non-hydrogen) atoms. The number of amides is 2. The third kappa shape index (κ3) is 4.46. The predicted octanol–water partition coefficient (Wildman–Crippen LogP) is 3.71. The van der Waals surface area contributed by atoms with E-state index < -0.39 is 33.4 Å². The van der Waals surface area contributed by atoms with E-state index >= 15 is 0 Å². The first-order valence-electron chi connectivity index (χ1n) is 14.2. The lowest BCUT2D eigenvalue weighted by Gasteiger charge is -2.42. The molecule has 1 aliphatic carbocycles. The van der Waals surface area contributed by atoms with E-state index in [1.54, 1.807) is 16.7 Å². The summed E-state index contributed by atoms with van der Waals surface area (Å²) in [5.74, 6) is -1.74. The Bertz CT molecular complexity index is 975. The van der Waals surface area contributed by atoms with Crippen LogP contribution in [0.2, 0.25) is 0 Å². The molecule has 1 spiro atoms. The van der Waals surface area contributed by atoms with Gasteiger partial charge in [0.2, 0.25) is 11.8 Å². The lowest BCUT2D eigenvalue weighted by Crippen LogP contribution is -2.58. The quantitative estimate of drug-likeness (QED) is 0.431. The summed E-state index contributed by atoms with van der Waals surface area (Å²) in [5.41, 5.74) is 0. The Labute approximate surface area is 225 Å². The zero-order valence-electron chi connectivity index (χ0n) is 22.4. The van der Waals surface area contributed by atoms with Gasteiger partial charge in [-0.15, -0.1) is 11.8 Å². The van der Waals surface area contributed by atoms with Crippen molar-refractivity contribution in [3.05, 3.63) is 24.3 Å². The minimum absolute atomic E-state index is 0.0325. The summed E-state index contributed by atoms with van der Waals surface area (Å²) in [4.78, 5) is 46.3. The number of carbonyl (C=O) groups is 3. The summed E-state index contributed by atoms with van der Waals surface area (Å²) in [5, 5.41) is 10.5. The van der Waals surface area contributed by atoms with E-state index in [9.17, 15) is 19.5 Å². The second-order valence-electron chi connectivity index (χ2n) is 12.1. The summed E-state index contributed by atoms with van der Waals surface area (Å²) in [6.45, 7) is 6.79. The Morgan fingerprint density at radius 3 is 2.51 bits per heavy atom. The zero-order valence-corrected chi connectivity index (χ0v) is 23.3. The van der Waals surface area contributed by atoms with Gasteiger partial charge in [-0.3, -0.25) is 14.4 Å². The SMILES string of the molecule is CC(C)C[C@H](CO)N1C(=O)[C@@H]2[C@H]3C(=O)OCCC/C=C\[C@@]3(C)S[C@@]23C=CCN(C2CCCCC2)C(=O)C13. The number of allylic oxidation sites excluding steroid dienone is 1. The Kier molecular flexibility index (Phi) is 7.53. The van der Waals surface area contributed by atoms with E-state index in [0.717, 1.165) is 38.5 Å². The maximum atomic E-state index is 14.6. The van der Waals surface area contributed by atoms with E-state index in [1.165, 1.54) is 6.42 Å². The lowest BCUT2D eigenvalue weighted by atomic mass is 9.74. The molecule has 0 radical (unpaired) electrons. The third-order valence-corrected chi connectivity index (χ3v) is 10.9. The van der Waals surface area contributed by atoms with Gasteiger partial charge in [-0.1, -0.05) is 57.4 Å². The molecule has 4 heterocycles. The normalized spacial score (nSPS) is 38.3. The van der Waals surface area contributed by atoms with Crippen molar-refractivity contribution in [3.8, 4) is 0 Å². The van der Waals surface area contributed by atoms with Gasteiger partial charge < -0.3 is 19.6 Å².